The molecule has 1 saturated carbocycles. The Morgan fingerprint density at radius 2 is 1.74 bits per heavy atom. The molecule has 23 heavy (non-hydrogen) atoms. The van der Waals surface area contributed by atoms with Crippen molar-refractivity contribution in [1.29, 1.82) is 0 Å². The highest BCUT2D eigenvalue weighted by Crippen LogP contribution is 2.37. The fraction of sp³-hybridized carbons (Fsp3) is 0.750. The van der Waals surface area contributed by atoms with Crippen LogP contribution in [0, 0.1) is 11.8 Å². The van der Waals surface area contributed by atoms with E-state index < -0.39 is 6.04 Å². The molecule has 1 saturated heterocycles. The lowest BCUT2D eigenvalue weighted by atomic mass is 9.81. The van der Waals surface area contributed by atoms with Crippen LogP contribution in [-0.4, -0.2) is 47.7 Å². The molecule has 1 aliphatic heterocycles. The Morgan fingerprint density at radius 1 is 1.17 bits per heavy atom. The number of rotatable bonds is 6. The molecule has 0 unspecified atom stereocenters. The largest absolute Gasteiger partial charge is 0.355 e. The Morgan fingerprint density at radius 3 is 2.26 bits per heavy atom. The summed E-state index contributed by atoms with van der Waals surface area (Å²) in [5, 5.41) is 5.20. The highest BCUT2D eigenvalue weighted by molar-refractivity contribution is 6.05. The lowest BCUT2D eigenvalue weighted by molar-refractivity contribution is -0.140. The van der Waals surface area contributed by atoms with Gasteiger partial charge in [0.05, 0.1) is 11.8 Å². The molecule has 0 aromatic carbocycles. The smallest absolute Gasteiger partial charge is 0.242 e. The van der Waals surface area contributed by atoms with Crippen LogP contribution in [0.15, 0.2) is 0 Å². The first-order valence-electron chi connectivity index (χ1n) is 8.38. The molecule has 128 valence electrons. The van der Waals surface area contributed by atoms with Crippen molar-refractivity contribution in [3.63, 3.8) is 0 Å². The summed E-state index contributed by atoms with van der Waals surface area (Å²) in [6.07, 6.45) is 3.54. The lowest BCUT2D eigenvalue weighted by Crippen LogP contribution is -2.45. The van der Waals surface area contributed by atoms with Crippen LogP contribution < -0.4 is 10.6 Å². The monoisotopic (exact) mass is 323 g/mol. The minimum absolute atomic E-state index is 0.0284. The third-order valence-electron chi connectivity index (χ3n) is 4.62. The molecule has 0 spiro atoms. The van der Waals surface area contributed by atoms with Crippen molar-refractivity contribution in [3.05, 3.63) is 0 Å². The van der Waals surface area contributed by atoms with Gasteiger partial charge in [-0.05, 0) is 26.7 Å². The van der Waals surface area contributed by atoms with Crippen molar-refractivity contribution in [1.82, 2.24) is 15.5 Å². The Balaban J connectivity index is 1.83. The van der Waals surface area contributed by atoms with Crippen molar-refractivity contribution >= 4 is 23.6 Å². The van der Waals surface area contributed by atoms with Gasteiger partial charge in [-0.25, -0.2) is 0 Å². The van der Waals surface area contributed by atoms with Gasteiger partial charge in [0.25, 0.3) is 0 Å². The normalized spacial score (nSPS) is 25.0. The van der Waals surface area contributed by atoms with Crippen LogP contribution in [0.3, 0.4) is 0 Å². The van der Waals surface area contributed by atoms with Gasteiger partial charge in [-0.1, -0.05) is 12.8 Å². The molecule has 3 atom stereocenters. The van der Waals surface area contributed by atoms with E-state index in [0.717, 1.165) is 25.7 Å². The Kier molecular flexibility index (Phi) is 5.74. The predicted octanol–water partition coefficient (Wildman–Crippen LogP) is 0.192. The summed E-state index contributed by atoms with van der Waals surface area (Å²) in [5.74, 6) is -1.23. The minimum Gasteiger partial charge on any atom is -0.355 e. The van der Waals surface area contributed by atoms with Crippen LogP contribution in [0.4, 0.5) is 0 Å². The molecular formula is C16H25N3O4. The van der Waals surface area contributed by atoms with E-state index in [0.29, 0.717) is 6.54 Å². The number of hydrogen-bond donors (Lipinski definition) is 2. The number of likely N-dealkylation sites (N-methyl/N-ethyl adjacent to an activating group) is 1. The third kappa shape index (κ3) is 3.89. The first-order valence-corrected chi connectivity index (χ1v) is 8.38. The number of imide groups is 1. The summed E-state index contributed by atoms with van der Waals surface area (Å²) in [7, 11) is 0. The molecule has 1 aliphatic carbocycles. The molecule has 0 radical (unpaired) electrons. The average Bonchev–Trinajstić information content (AvgIpc) is 2.77. The van der Waals surface area contributed by atoms with Crippen LogP contribution in [0.1, 0.15) is 46.0 Å². The summed E-state index contributed by atoms with van der Waals surface area (Å²) in [6.45, 7) is 4.00. The van der Waals surface area contributed by atoms with Crippen molar-refractivity contribution in [3.8, 4) is 0 Å². The summed E-state index contributed by atoms with van der Waals surface area (Å²) in [4.78, 5) is 49.3. The zero-order valence-corrected chi connectivity index (χ0v) is 13.8. The molecule has 0 aromatic rings. The van der Waals surface area contributed by atoms with E-state index in [1.54, 1.807) is 13.8 Å². The molecule has 1 heterocycles. The fourth-order valence-corrected chi connectivity index (χ4v) is 3.37. The van der Waals surface area contributed by atoms with Gasteiger partial charge in [0.1, 0.15) is 6.04 Å². The second-order valence-electron chi connectivity index (χ2n) is 6.26. The number of carbonyl (C=O) groups excluding carboxylic acids is 4. The summed E-state index contributed by atoms with van der Waals surface area (Å²) in [6, 6.07) is -0.630. The molecule has 2 rings (SSSR count). The van der Waals surface area contributed by atoms with E-state index in [-0.39, 0.29) is 48.4 Å². The van der Waals surface area contributed by atoms with E-state index in [2.05, 4.69) is 10.6 Å². The third-order valence-corrected chi connectivity index (χ3v) is 4.62. The molecule has 2 fully saturated rings. The standard InChI is InChI=1S/C16H25N3O4/c1-3-17-14(21)10(2)18-13(20)8-9-19-15(22)11-6-4-5-7-12(11)16(19)23/h10-12H,3-9H2,1-2H3,(H,17,21)(H,18,20)/t10-,11-,12+/m1/s1. The van der Waals surface area contributed by atoms with Crippen molar-refractivity contribution < 1.29 is 19.2 Å². The minimum atomic E-state index is -0.630. The number of amides is 4. The lowest BCUT2D eigenvalue weighted by Gasteiger charge is -2.19. The van der Waals surface area contributed by atoms with Crippen molar-refractivity contribution in [2.24, 2.45) is 11.8 Å². The maximum Gasteiger partial charge on any atom is 0.242 e. The SMILES string of the molecule is CCNC(=O)[C@@H](C)NC(=O)CCN1C(=O)[C@H]2CCCC[C@H]2C1=O. The number of nitrogens with zero attached hydrogens (tertiary/aromatic N) is 1. The van der Waals surface area contributed by atoms with Crippen molar-refractivity contribution in [2.75, 3.05) is 13.1 Å². The van der Waals surface area contributed by atoms with E-state index in [1.165, 1.54) is 4.90 Å². The predicted molar refractivity (Wildman–Crippen MR) is 83.1 cm³/mol. The van der Waals surface area contributed by atoms with Crippen LogP contribution in [0.5, 0.6) is 0 Å². The van der Waals surface area contributed by atoms with Gasteiger partial charge in [0.2, 0.25) is 23.6 Å². The molecule has 2 aliphatic rings. The van der Waals surface area contributed by atoms with Crippen LogP contribution in [0.25, 0.3) is 0 Å². The number of nitrogens with one attached hydrogen (secondary N) is 2. The van der Waals surface area contributed by atoms with Gasteiger partial charge < -0.3 is 10.6 Å². The second kappa shape index (κ2) is 7.57. The van der Waals surface area contributed by atoms with Gasteiger partial charge in [0.15, 0.2) is 0 Å². The first-order chi connectivity index (χ1) is 11.0. The first kappa shape index (κ1) is 17.4. The maximum absolute atomic E-state index is 12.3. The Labute approximate surface area is 136 Å². The summed E-state index contributed by atoms with van der Waals surface area (Å²) in [5.41, 5.74) is 0. The van der Waals surface area contributed by atoms with Crippen LogP contribution >= 0.6 is 0 Å². The van der Waals surface area contributed by atoms with Gasteiger partial charge in [-0.2, -0.15) is 0 Å². The molecule has 2 N–H and O–H groups in total. The summed E-state index contributed by atoms with van der Waals surface area (Å²) >= 11 is 0. The van der Waals surface area contributed by atoms with E-state index >= 15 is 0 Å². The topological polar surface area (TPSA) is 95.6 Å². The quantitative estimate of drug-likeness (QED) is 0.682. The van der Waals surface area contributed by atoms with E-state index in [9.17, 15) is 19.2 Å². The van der Waals surface area contributed by atoms with Crippen LogP contribution in [-0.2, 0) is 19.2 Å². The summed E-state index contributed by atoms with van der Waals surface area (Å²) < 4.78 is 0. The zero-order valence-electron chi connectivity index (χ0n) is 13.8. The molecule has 7 nitrogen and oxygen atoms in total. The second-order valence-corrected chi connectivity index (χ2v) is 6.26. The highest BCUT2D eigenvalue weighted by atomic mass is 16.2. The Hall–Kier alpha value is -1.92. The number of fused-ring (bicyclic) bond motifs is 1. The van der Waals surface area contributed by atoms with Crippen molar-refractivity contribution in [2.45, 2.75) is 52.0 Å². The fourth-order valence-electron chi connectivity index (χ4n) is 3.37. The Bertz CT molecular complexity index is 482. The number of hydrogen-bond acceptors (Lipinski definition) is 4. The number of likely N-dealkylation sites (tertiary alicyclic amines) is 1. The number of carbonyl (C=O) groups is 4. The van der Waals surface area contributed by atoms with Gasteiger partial charge in [-0.15, -0.1) is 0 Å². The molecule has 4 amide bonds. The average molecular weight is 323 g/mol. The molecule has 0 aromatic heterocycles. The van der Waals surface area contributed by atoms with Gasteiger partial charge >= 0.3 is 0 Å². The van der Waals surface area contributed by atoms with Gasteiger partial charge in [0, 0.05) is 19.5 Å². The zero-order chi connectivity index (χ0) is 17.0. The maximum atomic E-state index is 12.3. The molecule has 0 bridgehead atoms. The van der Waals surface area contributed by atoms with E-state index in [4.69, 9.17) is 0 Å². The molecule has 7 heteroatoms. The van der Waals surface area contributed by atoms with E-state index in [1.807, 2.05) is 0 Å². The highest BCUT2D eigenvalue weighted by Gasteiger charge is 2.47. The van der Waals surface area contributed by atoms with Gasteiger partial charge in [-0.3, -0.25) is 24.1 Å². The molecular weight excluding hydrogens is 298 g/mol. The van der Waals surface area contributed by atoms with Crippen LogP contribution in [0.2, 0.25) is 0 Å².